The number of nitriles is 1. The summed E-state index contributed by atoms with van der Waals surface area (Å²) in [5.74, 6) is -2.20. The number of benzene rings is 2. The van der Waals surface area contributed by atoms with E-state index >= 15 is 0 Å². The molecule has 0 fully saturated rings. The summed E-state index contributed by atoms with van der Waals surface area (Å²) in [6.07, 6.45) is 0. The molecule has 1 N–H and O–H groups in total. The van der Waals surface area contributed by atoms with Gasteiger partial charge >= 0.3 is 0 Å². The van der Waals surface area contributed by atoms with Crippen molar-refractivity contribution >= 4 is 5.91 Å². The smallest absolute Gasteiger partial charge is 0.258 e. The average Bonchev–Trinajstić information content (AvgIpc) is 2.54. The van der Waals surface area contributed by atoms with Gasteiger partial charge in [-0.3, -0.25) is 4.79 Å². The molecule has 1 unspecified atom stereocenters. The topological polar surface area (TPSA) is 62.1 Å². The molecule has 0 saturated heterocycles. The highest BCUT2D eigenvalue weighted by Crippen LogP contribution is 2.17. The number of nitrogens with one attached hydrogen (secondary N) is 1. The van der Waals surface area contributed by atoms with E-state index in [1.54, 1.807) is 31.2 Å². The van der Waals surface area contributed by atoms with Crippen molar-refractivity contribution in [1.29, 1.82) is 5.26 Å². The number of amides is 1. The molecule has 118 valence electrons. The summed E-state index contributed by atoms with van der Waals surface area (Å²) in [5, 5.41) is 11.4. The summed E-state index contributed by atoms with van der Waals surface area (Å²) >= 11 is 0. The molecule has 0 aromatic heterocycles. The molecule has 0 aliphatic rings. The molecule has 0 aliphatic heterocycles. The second kappa shape index (κ2) is 7.36. The van der Waals surface area contributed by atoms with E-state index in [4.69, 9.17) is 10.00 Å². The molecule has 6 heteroatoms. The molecule has 1 amide bonds. The Hall–Kier alpha value is -2.94. The lowest BCUT2D eigenvalue weighted by Crippen LogP contribution is -2.31. The van der Waals surface area contributed by atoms with Gasteiger partial charge in [0, 0.05) is 6.07 Å². The van der Waals surface area contributed by atoms with Crippen LogP contribution in [0, 0.1) is 23.0 Å². The highest BCUT2D eigenvalue weighted by Gasteiger charge is 2.12. The number of carbonyl (C=O) groups excluding carboxylic acids is 1. The van der Waals surface area contributed by atoms with Crippen LogP contribution in [0.25, 0.3) is 0 Å². The first kappa shape index (κ1) is 16.4. The van der Waals surface area contributed by atoms with Crippen molar-refractivity contribution in [2.24, 2.45) is 0 Å². The number of hydrogen-bond donors (Lipinski definition) is 1. The average molecular weight is 316 g/mol. The molecule has 0 radical (unpaired) electrons. The molecule has 0 aliphatic carbocycles. The Balaban J connectivity index is 1.89. The van der Waals surface area contributed by atoms with Gasteiger partial charge in [0.1, 0.15) is 5.82 Å². The molecule has 0 bridgehead atoms. The fourth-order valence-electron chi connectivity index (χ4n) is 1.95. The van der Waals surface area contributed by atoms with Gasteiger partial charge in [0.25, 0.3) is 5.91 Å². The highest BCUT2D eigenvalue weighted by atomic mass is 19.1. The van der Waals surface area contributed by atoms with E-state index in [9.17, 15) is 13.6 Å². The van der Waals surface area contributed by atoms with Gasteiger partial charge in [0.15, 0.2) is 18.2 Å². The third-order valence-corrected chi connectivity index (χ3v) is 3.17. The maximum absolute atomic E-state index is 13.4. The lowest BCUT2D eigenvalue weighted by molar-refractivity contribution is -0.123. The maximum atomic E-state index is 13.4. The first-order valence-corrected chi connectivity index (χ1v) is 6.87. The van der Waals surface area contributed by atoms with E-state index < -0.39 is 17.5 Å². The number of halogens is 2. The number of hydrogen-bond acceptors (Lipinski definition) is 3. The van der Waals surface area contributed by atoms with Crippen LogP contribution in [0.2, 0.25) is 0 Å². The summed E-state index contributed by atoms with van der Waals surface area (Å²) in [7, 11) is 0. The van der Waals surface area contributed by atoms with Crippen molar-refractivity contribution in [3.05, 3.63) is 65.2 Å². The summed E-state index contributed by atoms with van der Waals surface area (Å²) in [4.78, 5) is 11.8. The van der Waals surface area contributed by atoms with E-state index in [0.29, 0.717) is 11.6 Å². The van der Waals surface area contributed by atoms with Gasteiger partial charge in [0.05, 0.1) is 17.7 Å². The molecule has 2 aromatic carbocycles. The minimum atomic E-state index is -0.863. The fraction of sp³-hybridized carbons (Fsp3) is 0.176. The van der Waals surface area contributed by atoms with Crippen LogP contribution < -0.4 is 10.1 Å². The minimum Gasteiger partial charge on any atom is -0.481 e. The lowest BCUT2D eigenvalue weighted by atomic mass is 10.1. The third kappa shape index (κ3) is 4.51. The van der Waals surface area contributed by atoms with E-state index in [1.165, 1.54) is 0 Å². The number of ether oxygens (including phenoxy) is 1. The van der Waals surface area contributed by atoms with E-state index in [1.807, 2.05) is 6.07 Å². The van der Waals surface area contributed by atoms with Crippen LogP contribution in [0.15, 0.2) is 42.5 Å². The standard InChI is InChI=1S/C17H14F2N2O2/c1-11(13-4-2-12(9-20)3-5-13)21-17(22)10-23-16-7-6-14(18)8-15(16)19/h2-8,11H,10H2,1H3,(H,21,22). The number of nitrogens with zero attached hydrogens (tertiary/aromatic N) is 1. The molecule has 0 heterocycles. The van der Waals surface area contributed by atoms with Gasteiger partial charge in [-0.05, 0) is 36.8 Å². The second-order valence-corrected chi connectivity index (χ2v) is 4.89. The van der Waals surface area contributed by atoms with Crippen molar-refractivity contribution < 1.29 is 18.3 Å². The Morgan fingerprint density at radius 3 is 2.57 bits per heavy atom. The third-order valence-electron chi connectivity index (χ3n) is 3.17. The molecule has 1 atom stereocenters. The quantitative estimate of drug-likeness (QED) is 0.922. The van der Waals surface area contributed by atoms with Crippen molar-refractivity contribution in [1.82, 2.24) is 5.32 Å². The Morgan fingerprint density at radius 1 is 1.26 bits per heavy atom. The van der Waals surface area contributed by atoms with Crippen molar-refractivity contribution in [2.75, 3.05) is 6.61 Å². The summed E-state index contributed by atoms with van der Waals surface area (Å²) < 4.78 is 31.2. The van der Waals surface area contributed by atoms with Crippen molar-refractivity contribution in [3.8, 4) is 11.8 Å². The van der Waals surface area contributed by atoms with Gasteiger partial charge in [-0.25, -0.2) is 8.78 Å². The van der Waals surface area contributed by atoms with Crippen LogP contribution in [0.1, 0.15) is 24.1 Å². The molecule has 4 nitrogen and oxygen atoms in total. The molecular formula is C17H14F2N2O2. The molecule has 23 heavy (non-hydrogen) atoms. The first-order valence-electron chi connectivity index (χ1n) is 6.87. The SMILES string of the molecule is CC(NC(=O)COc1ccc(F)cc1F)c1ccc(C#N)cc1. The zero-order valence-electron chi connectivity index (χ0n) is 12.3. The Morgan fingerprint density at radius 2 is 1.96 bits per heavy atom. The molecule has 0 spiro atoms. The second-order valence-electron chi connectivity index (χ2n) is 4.89. The fourth-order valence-corrected chi connectivity index (χ4v) is 1.95. The highest BCUT2D eigenvalue weighted by molar-refractivity contribution is 5.78. The monoisotopic (exact) mass is 316 g/mol. The van der Waals surface area contributed by atoms with Crippen LogP contribution in [-0.2, 0) is 4.79 Å². The largest absolute Gasteiger partial charge is 0.481 e. The predicted molar refractivity (Wildman–Crippen MR) is 79.6 cm³/mol. The predicted octanol–water partition coefficient (Wildman–Crippen LogP) is 3.09. The number of carbonyl (C=O) groups is 1. The zero-order valence-corrected chi connectivity index (χ0v) is 12.3. The Kier molecular flexibility index (Phi) is 5.26. The molecular weight excluding hydrogens is 302 g/mol. The minimum absolute atomic E-state index is 0.187. The summed E-state index contributed by atoms with van der Waals surface area (Å²) in [5.41, 5.74) is 1.35. The maximum Gasteiger partial charge on any atom is 0.258 e. The van der Waals surface area contributed by atoms with Crippen LogP contribution in [0.3, 0.4) is 0 Å². The van der Waals surface area contributed by atoms with E-state index in [0.717, 1.165) is 17.7 Å². The van der Waals surface area contributed by atoms with Crippen molar-refractivity contribution in [3.63, 3.8) is 0 Å². The van der Waals surface area contributed by atoms with Crippen LogP contribution in [0.5, 0.6) is 5.75 Å². The Labute approximate surface area is 132 Å². The lowest BCUT2D eigenvalue weighted by Gasteiger charge is -2.15. The normalized spacial score (nSPS) is 11.4. The summed E-state index contributed by atoms with van der Waals surface area (Å²) in [6.45, 7) is 1.39. The van der Waals surface area contributed by atoms with Gasteiger partial charge in [-0.1, -0.05) is 12.1 Å². The van der Waals surface area contributed by atoms with Gasteiger partial charge < -0.3 is 10.1 Å². The first-order chi connectivity index (χ1) is 11.0. The van der Waals surface area contributed by atoms with Crippen molar-refractivity contribution in [2.45, 2.75) is 13.0 Å². The zero-order chi connectivity index (χ0) is 16.8. The van der Waals surface area contributed by atoms with Gasteiger partial charge in [-0.15, -0.1) is 0 Å². The molecule has 0 saturated carbocycles. The molecule has 2 aromatic rings. The molecule has 2 rings (SSSR count). The Bertz CT molecular complexity index is 739. The van der Waals surface area contributed by atoms with E-state index in [2.05, 4.69) is 5.32 Å². The van der Waals surface area contributed by atoms with E-state index in [-0.39, 0.29) is 18.4 Å². The van der Waals surface area contributed by atoms with Crippen LogP contribution in [0.4, 0.5) is 8.78 Å². The van der Waals surface area contributed by atoms with Crippen LogP contribution in [-0.4, -0.2) is 12.5 Å². The van der Waals surface area contributed by atoms with Gasteiger partial charge in [0.2, 0.25) is 0 Å². The number of rotatable bonds is 5. The van der Waals surface area contributed by atoms with Crippen LogP contribution >= 0.6 is 0 Å². The van der Waals surface area contributed by atoms with Gasteiger partial charge in [-0.2, -0.15) is 5.26 Å². The summed E-state index contributed by atoms with van der Waals surface area (Å²) in [6, 6.07) is 11.4.